The third-order valence-corrected chi connectivity index (χ3v) is 15.8. The van der Waals surface area contributed by atoms with E-state index in [0.717, 1.165) is 21.9 Å². The Morgan fingerprint density at radius 2 is 0.476 bits per heavy atom. The zero-order chi connectivity index (χ0) is 57.0. The Balaban J connectivity index is 0.989. The molecule has 14 aromatic carbocycles. The van der Waals surface area contributed by atoms with E-state index in [1.807, 2.05) is 170 Å². The van der Waals surface area contributed by atoms with Crippen LogP contribution in [-0.2, 0) is 0 Å². The van der Waals surface area contributed by atoms with Gasteiger partial charge in [0.1, 0.15) is 34.9 Å². The van der Waals surface area contributed by atoms with E-state index >= 15 is 26.3 Å². The van der Waals surface area contributed by atoms with Crippen LogP contribution in [-0.4, -0.2) is 0 Å². The maximum absolute atomic E-state index is 17.3. The van der Waals surface area contributed by atoms with Crippen molar-refractivity contribution < 1.29 is 26.3 Å². The average Bonchev–Trinajstić information content (AvgIpc) is 1.10. The summed E-state index contributed by atoms with van der Waals surface area (Å²) in [5, 5.41) is 4.02. The van der Waals surface area contributed by atoms with Crippen LogP contribution in [0, 0.1) is 34.9 Å². The van der Waals surface area contributed by atoms with Gasteiger partial charge in [-0.3, -0.25) is 0 Å². The molecule has 0 aliphatic carbocycles. The lowest BCUT2D eigenvalue weighted by molar-refractivity contribution is 0.619. The summed E-state index contributed by atoms with van der Waals surface area (Å²) >= 11 is 0. The van der Waals surface area contributed by atoms with Gasteiger partial charge >= 0.3 is 0 Å². The van der Waals surface area contributed by atoms with Gasteiger partial charge in [-0.15, -0.1) is 0 Å². The van der Waals surface area contributed by atoms with E-state index in [2.05, 4.69) is 0 Å². The van der Waals surface area contributed by atoms with Crippen LogP contribution in [0.4, 0.5) is 60.5 Å². The quantitative estimate of drug-likeness (QED) is 0.0889. The summed E-state index contributed by atoms with van der Waals surface area (Å²) in [6.45, 7) is 0. The molecule has 0 bridgehead atoms. The highest BCUT2D eigenvalue weighted by atomic mass is 19.1. The van der Waals surface area contributed by atoms with E-state index in [-0.39, 0.29) is 22.7 Å². The van der Waals surface area contributed by atoms with Crippen LogP contribution >= 0.6 is 0 Å². The third kappa shape index (κ3) is 9.24. The summed E-state index contributed by atoms with van der Waals surface area (Å²) in [6.07, 6.45) is 0. The van der Waals surface area contributed by atoms with Crippen molar-refractivity contribution in [1.82, 2.24) is 0 Å². The number of nitrogens with zero attached hydrogens (tertiary/aromatic N) is 2. The predicted octanol–water partition coefficient (Wildman–Crippen LogP) is 22.4. The fourth-order valence-corrected chi connectivity index (χ4v) is 11.8. The van der Waals surface area contributed by atoms with Crippen molar-refractivity contribution in [2.45, 2.75) is 0 Å². The lowest BCUT2D eigenvalue weighted by Gasteiger charge is -2.31. The molecule has 0 aromatic heterocycles. The lowest BCUT2D eigenvalue weighted by Crippen LogP contribution is -2.15. The van der Waals surface area contributed by atoms with Crippen molar-refractivity contribution in [2.24, 2.45) is 0 Å². The van der Waals surface area contributed by atoms with Crippen molar-refractivity contribution in [1.29, 1.82) is 0 Å². The molecule has 0 unspecified atom stereocenters. The van der Waals surface area contributed by atoms with Crippen LogP contribution in [0.15, 0.2) is 279 Å². The molecule has 0 N–H and O–H groups in total. The van der Waals surface area contributed by atoms with Crippen molar-refractivity contribution in [3.05, 3.63) is 314 Å². The smallest absolute Gasteiger partial charge is 0.147 e. The van der Waals surface area contributed by atoms with Crippen LogP contribution in [0.3, 0.4) is 0 Å². The van der Waals surface area contributed by atoms with Gasteiger partial charge in [-0.2, -0.15) is 0 Å². The van der Waals surface area contributed by atoms with E-state index in [1.165, 1.54) is 36.4 Å². The van der Waals surface area contributed by atoms with Crippen LogP contribution in [0.5, 0.6) is 0 Å². The Kier molecular flexibility index (Phi) is 13.1. The summed E-state index contributed by atoms with van der Waals surface area (Å²) in [7, 11) is 0. The Bertz CT molecular complexity index is 4500. The first kappa shape index (κ1) is 51.4. The molecule has 0 aliphatic heterocycles. The molecule has 0 spiro atoms. The lowest BCUT2D eigenvalue weighted by atomic mass is 9.90. The van der Waals surface area contributed by atoms with Gasteiger partial charge in [-0.05, 0) is 150 Å². The fraction of sp³-hybridized carbons (Fsp3) is 0. The third-order valence-electron chi connectivity index (χ3n) is 15.8. The number of hydrogen-bond donors (Lipinski definition) is 0. The molecule has 14 aromatic rings. The van der Waals surface area contributed by atoms with Crippen molar-refractivity contribution in [3.63, 3.8) is 0 Å². The highest BCUT2D eigenvalue weighted by Crippen LogP contribution is 2.52. The minimum atomic E-state index is -0.661. The second kappa shape index (κ2) is 21.3. The molecule has 84 heavy (non-hydrogen) atoms. The van der Waals surface area contributed by atoms with Gasteiger partial charge in [0, 0.05) is 21.9 Å². The van der Waals surface area contributed by atoms with Crippen LogP contribution in [0.1, 0.15) is 0 Å². The molecule has 0 radical (unpaired) electrons. The van der Waals surface area contributed by atoms with E-state index in [9.17, 15) is 0 Å². The molecule has 0 heterocycles. The number of rotatable bonds is 12. The maximum Gasteiger partial charge on any atom is 0.147 e. The molecule has 8 heteroatoms. The van der Waals surface area contributed by atoms with Crippen LogP contribution < -0.4 is 9.80 Å². The van der Waals surface area contributed by atoms with Crippen molar-refractivity contribution in [2.75, 3.05) is 9.80 Å². The summed E-state index contributed by atoms with van der Waals surface area (Å²) in [6, 6.07) is 81.0. The molecular formula is C76H46F6N2. The first-order chi connectivity index (χ1) is 41.1. The Labute approximate surface area is 481 Å². The molecule has 0 saturated carbocycles. The topological polar surface area (TPSA) is 6.48 Å². The second-order valence-corrected chi connectivity index (χ2v) is 20.8. The van der Waals surface area contributed by atoms with E-state index in [1.54, 1.807) is 82.6 Å². The normalized spacial score (nSPS) is 11.5. The standard InChI is InChI=1S/C76H46F6N2/c77-63-35-29-53(47-15-5-1-6-16-47)41-71(63)83(73-43-55(31-37-65(73)79)51-27-33-59(67(81)39-51)49-19-9-3-10-20-49)69-45-57-23-14-26-62-70(46-58-24-13-25-61(69)75(58)76(57)62)84(72-42-54(30-36-64(72)78)48-17-7-2-8-18-48)74-44-56(32-38-66(74)80)52-28-34-60(68(82)40-52)50-21-11-4-12-22-50/h1-46H. The summed E-state index contributed by atoms with van der Waals surface area (Å²) < 4.78 is 101. The molecular weight excluding hydrogens is 1050 g/mol. The SMILES string of the molecule is Fc1cc(-c2ccc(F)c(N(c3cc(-c4ccccc4)ccc3F)c3cc4cccc5c(N(c6cc(-c7ccccc7)ccc6F)c6cc(-c7ccc(-c8ccccc8)c(F)c7)ccc6F)cc6cccc3c6c45)c2)ccc1-c1ccccc1. The van der Waals surface area contributed by atoms with Crippen LogP contribution in [0.2, 0.25) is 0 Å². The van der Waals surface area contributed by atoms with Crippen LogP contribution in [0.25, 0.3) is 99.1 Å². The van der Waals surface area contributed by atoms with E-state index in [0.29, 0.717) is 88.6 Å². The molecule has 402 valence electrons. The Morgan fingerprint density at radius 1 is 0.190 bits per heavy atom. The molecule has 0 aliphatic rings. The molecule has 14 rings (SSSR count). The van der Waals surface area contributed by atoms with Gasteiger partial charge < -0.3 is 9.80 Å². The van der Waals surface area contributed by atoms with Gasteiger partial charge in [0.15, 0.2) is 0 Å². The van der Waals surface area contributed by atoms with Crippen molar-refractivity contribution >= 4 is 66.4 Å². The van der Waals surface area contributed by atoms with Gasteiger partial charge in [0.25, 0.3) is 0 Å². The average molecular weight is 1100 g/mol. The highest BCUT2D eigenvalue weighted by Gasteiger charge is 2.29. The Morgan fingerprint density at radius 3 is 0.798 bits per heavy atom. The predicted molar refractivity (Wildman–Crippen MR) is 332 cm³/mol. The minimum Gasteiger partial charge on any atom is -0.304 e. The Hall–Kier alpha value is -10.7. The largest absolute Gasteiger partial charge is 0.304 e. The van der Waals surface area contributed by atoms with Gasteiger partial charge in [0.2, 0.25) is 0 Å². The number of benzene rings is 14. The zero-order valence-electron chi connectivity index (χ0n) is 44.7. The van der Waals surface area contributed by atoms with Gasteiger partial charge in [-0.1, -0.05) is 206 Å². The highest BCUT2D eigenvalue weighted by molar-refractivity contribution is 6.29. The molecule has 0 amide bonds. The summed E-state index contributed by atoms with van der Waals surface area (Å²) in [4.78, 5) is 3.18. The number of anilines is 6. The molecule has 0 atom stereocenters. The van der Waals surface area contributed by atoms with Gasteiger partial charge in [-0.25, -0.2) is 26.3 Å². The summed E-state index contributed by atoms with van der Waals surface area (Å²) in [5.74, 6) is -3.49. The second-order valence-electron chi connectivity index (χ2n) is 20.8. The van der Waals surface area contributed by atoms with Crippen molar-refractivity contribution in [3.8, 4) is 66.8 Å². The fourth-order valence-electron chi connectivity index (χ4n) is 11.8. The van der Waals surface area contributed by atoms with E-state index in [4.69, 9.17) is 0 Å². The first-order valence-electron chi connectivity index (χ1n) is 27.4. The minimum absolute atomic E-state index is 0.00421. The first-order valence-corrected chi connectivity index (χ1v) is 27.4. The number of halogens is 6. The monoisotopic (exact) mass is 1100 g/mol. The number of hydrogen-bond acceptors (Lipinski definition) is 2. The maximum atomic E-state index is 17.3. The molecule has 0 saturated heterocycles. The summed E-state index contributed by atoms with van der Waals surface area (Å²) in [5.41, 5.74) is 8.17. The van der Waals surface area contributed by atoms with Gasteiger partial charge in [0.05, 0.1) is 34.1 Å². The zero-order valence-corrected chi connectivity index (χ0v) is 44.7. The molecule has 2 nitrogen and oxygen atoms in total. The van der Waals surface area contributed by atoms with E-state index < -0.39 is 34.9 Å². The molecule has 0 fully saturated rings.